The Balaban J connectivity index is 1.39. The molecule has 3 aromatic carbocycles. The molecule has 0 unspecified atom stereocenters. The second kappa shape index (κ2) is 11.8. The van der Waals surface area contributed by atoms with E-state index in [2.05, 4.69) is 48.2 Å². The molecule has 0 spiro atoms. The Hall–Kier alpha value is -3.62. The van der Waals surface area contributed by atoms with Crippen LogP contribution in [0.3, 0.4) is 0 Å². The molecule has 0 fully saturated rings. The predicted octanol–water partition coefficient (Wildman–Crippen LogP) is 5.18. The summed E-state index contributed by atoms with van der Waals surface area (Å²) in [6.07, 6.45) is 4.87. The third kappa shape index (κ3) is 6.82. The van der Waals surface area contributed by atoms with E-state index in [0.717, 1.165) is 83.9 Å². The lowest BCUT2D eigenvalue weighted by Gasteiger charge is -2.12. The van der Waals surface area contributed by atoms with Crippen LogP contribution in [-0.2, 0) is 22.9 Å². The number of carbonyl (C=O) groups excluding carboxylic acids is 1. The van der Waals surface area contributed by atoms with Crippen LogP contribution < -0.4 is 15.8 Å². The average Bonchev–Trinajstić information content (AvgIpc) is 3.17. The van der Waals surface area contributed by atoms with E-state index >= 15 is 0 Å². The first kappa shape index (κ1) is 27.4. The first-order chi connectivity index (χ1) is 18.1. The highest BCUT2D eigenvalue weighted by Gasteiger charge is 2.21. The summed E-state index contributed by atoms with van der Waals surface area (Å²) in [4.78, 5) is 12.6. The molecule has 1 radical (unpaired) electrons. The fraction of sp³-hybridized carbons (Fsp3) is 0.300. The van der Waals surface area contributed by atoms with Crippen molar-refractivity contribution >= 4 is 32.6 Å². The van der Waals surface area contributed by atoms with Crippen LogP contribution in [0.1, 0.15) is 35.1 Å². The SMILES string of the molecule is Cc1cc(C)cc(-c2c(CCNCCCCc3ccc(NS(C)(=O)=O)cc3)c3c[c]ccc3n2C(N)=O)c1. The van der Waals surface area contributed by atoms with Crippen molar-refractivity contribution in [2.24, 2.45) is 5.73 Å². The predicted molar refractivity (Wildman–Crippen MR) is 155 cm³/mol. The summed E-state index contributed by atoms with van der Waals surface area (Å²) < 4.78 is 26.8. The first-order valence-corrected chi connectivity index (χ1v) is 14.7. The van der Waals surface area contributed by atoms with E-state index in [4.69, 9.17) is 5.73 Å². The molecule has 1 aromatic heterocycles. The molecule has 4 aromatic rings. The largest absolute Gasteiger partial charge is 0.351 e. The van der Waals surface area contributed by atoms with Gasteiger partial charge < -0.3 is 11.1 Å². The fourth-order valence-corrected chi connectivity index (χ4v) is 5.57. The molecule has 0 aliphatic carbocycles. The topological polar surface area (TPSA) is 106 Å². The fourth-order valence-electron chi connectivity index (χ4n) is 5.01. The van der Waals surface area contributed by atoms with Crippen molar-refractivity contribution in [2.75, 3.05) is 24.1 Å². The number of nitrogens with one attached hydrogen (secondary N) is 2. The van der Waals surface area contributed by atoms with Crippen LogP contribution in [0.25, 0.3) is 22.2 Å². The summed E-state index contributed by atoms with van der Waals surface area (Å²) in [6, 6.07) is 22.1. The van der Waals surface area contributed by atoms with Crippen molar-refractivity contribution < 1.29 is 13.2 Å². The molecule has 199 valence electrons. The van der Waals surface area contributed by atoms with Gasteiger partial charge in [0, 0.05) is 11.1 Å². The first-order valence-electron chi connectivity index (χ1n) is 12.8. The molecule has 38 heavy (non-hydrogen) atoms. The van der Waals surface area contributed by atoms with E-state index in [9.17, 15) is 13.2 Å². The van der Waals surface area contributed by atoms with Gasteiger partial charge >= 0.3 is 6.03 Å². The third-order valence-corrected chi connectivity index (χ3v) is 7.12. The summed E-state index contributed by atoms with van der Waals surface area (Å²) >= 11 is 0. The van der Waals surface area contributed by atoms with Gasteiger partial charge in [0.2, 0.25) is 10.0 Å². The molecular weight excluding hydrogens is 496 g/mol. The molecule has 8 heteroatoms. The van der Waals surface area contributed by atoms with Crippen molar-refractivity contribution in [3.05, 3.63) is 89.0 Å². The molecule has 0 atom stereocenters. The standard InChI is InChI=1S/C30H35N4O3S/c1-21-18-22(2)20-24(19-21)29-27(26-9-4-5-10-28(26)34(29)30(31)35)15-17-32-16-7-6-8-23-11-13-25(14-12-23)33-38(3,36)37/h5,9-14,18-20,32-33H,6-8,15-17H2,1-3H3,(H2,31,35). The Morgan fingerprint density at radius 2 is 1.68 bits per heavy atom. The van der Waals surface area contributed by atoms with Crippen molar-refractivity contribution in [1.29, 1.82) is 0 Å². The number of unbranched alkanes of at least 4 members (excludes halogenated alkanes) is 1. The second-order valence-electron chi connectivity index (χ2n) is 9.85. The summed E-state index contributed by atoms with van der Waals surface area (Å²) in [6.45, 7) is 5.77. The summed E-state index contributed by atoms with van der Waals surface area (Å²) in [5, 5.41) is 4.54. The number of carbonyl (C=O) groups is 1. The molecular formula is C30H35N4O3S. The van der Waals surface area contributed by atoms with Crippen LogP contribution in [-0.4, -0.2) is 38.4 Å². The van der Waals surface area contributed by atoms with Gasteiger partial charge in [-0.1, -0.05) is 35.4 Å². The molecule has 0 aliphatic rings. The minimum Gasteiger partial charge on any atom is -0.351 e. The number of benzene rings is 3. The maximum Gasteiger partial charge on any atom is 0.323 e. The molecule has 4 N–H and O–H groups in total. The van der Waals surface area contributed by atoms with E-state index in [1.807, 2.05) is 30.3 Å². The second-order valence-corrected chi connectivity index (χ2v) is 11.6. The van der Waals surface area contributed by atoms with E-state index in [0.29, 0.717) is 5.69 Å². The van der Waals surface area contributed by atoms with Gasteiger partial charge in [-0.15, -0.1) is 0 Å². The number of nitrogens with two attached hydrogens (primary N) is 1. The zero-order valence-corrected chi connectivity index (χ0v) is 23.0. The van der Waals surface area contributed by atoms with Crippen LogP contribution in [0.4, 0.5) is 10.5 Å². The lowest BCUT2D eigenvalue weighted by molar-refractivity contribution is 0.251. The number of sulfonamides is 1. The number of aryl methyl sites for hydroxylation is 3. The highest BCUT2D eigenvalue weighted by atomic mass is 32.2. The molecule has 1 heterocycles. The average molecular weight is 532 g/mol. The Morgan fingerprint density at radius 3 is 2.34 bits per heavy atom. The van der Waals surface area contributed by atoms with Gasteiger partial charge in [-0.25, -0.2) is 13.2 Å². The van der Waals surface area contributed by atoms with Crippen LogP contribution in [0, 0.1) is 19.9 Å². The minimum atomic E-state index is -3.26. The van der Waals surface area contributed by atoms with Gasteiger partial charge in [0.05, 0.1) is 17.5 Å². The van der Waals surface area contributed by atoms with Crippen molar-refractivity contribution in [2.45, 2.75) is 39.5 Å². The van der Waals surface area contributed by atoms with Gasteiger partial charge in [0.1, 0.15) is 0 Å². The Kier molecular flexibility index (Phi) is 8.54. The summed E-state index contributed by atoms with van der Waals surface area (Å²) in [5.41, 5.74) is 13.6. The smallest absolute Gasteiger partial charge is 0.323 e. The van der Waals surface area contributed by atoms with Crippen LogP contribution in [0.2, 0.25) is 0 Å². The third-order valence-electron chi connectivity index (χ3n) is 6.51. The number of primary amides is 1. The highest BCUT2D eigenvalue weighted by molar-refractivity contribution is 7.92. The van der Waals surface area contributed by atoms with Gasteiger partial charge in [-0.2, -0.15) is 0 Å². The number of amides is 1. The number of nitrogens with zero attached hydrogens (tertiary/aromatic N) is 1. The van der Waals surface area contributed by atoms with Gasteiger partial charge in [0.15, 0.2) is 0 Å². The Labute approximate surface area is 225 Å². The Morgan fingerprint density at radius 1 is 0.974 bits per heavy atom. The van der Waals surface area contributed by atoms with E-state index in [1.54, 1.807) is 16.7 Å². The van der Waals surface area contributed by atoms with Crippen molar-refractivity contribution in [3.63, 3.8) is 0 Å². The number of anilines is 1. The van der Waals surface area contributed by atoms with E-state index in [1.165, 1.54) is 5.56 Å². The maximum absolute atomic E-state index is 12.6. The van der Waals surface area contributed by atoms with Crippen molar-refractivity contribution in [3.8, 4) is 11.3 Å². The summed E-state index contributed by atoms with van der Waals surface area (Å²) in [7, 11) is -3.26. The monoisotopic (exact) mass is 531 g/mol. The zero-order chi connectivity index (χ0) is 27.3. The normalized spacial score (nSPS) is 11.7. The molecule has 0 bridgehead atoms. The Bertz CT molecular complexity index is 1520. The van der Waals surface area contributed by atoms with E-state index < -0.39 is 16.1 Å². The van der Waals surface area contributed by atoms with Gasteiger partial charge in [0.25, 0.3) is 0 Å². The molecule has 0 saturated carbocycles. The molecule has 7 nitrogen and oxygen atoms in total. The minimum absolute atomic E-state index is 0.491. The number of hydrogen-bond acceptors (Lipinski definition) is 4. The molecule has 4 rings (SSSR count). The quantitative estimate of drug-likeness (QED) is 0.232. The van der Waals surface area contributed by atoms with E-state index in [-0.39, 0.29) is 0 Å². The number of hydrogen-bond donors (Lipinski definition) is 3. The molecule has 0 aliphatic heterocycles. The van der Waals surface area contributed by atoms with Gasteiger partial charge in [-0.05, 0) is 112 Å². The molecule has 1 amide bonds. The maximum atomic E-state index is 12.6. The zero-order valence-electron chi connectivity index (χ0n) is 22.2. The van der Waals surface area contributed by atoms with Gasteiger partial charge in [-0.3, -0.25) is 9.29 Å². The van der Waals surface area contributed by atoms with Crippen LogP contribution >= 0.6 is 0 Å². The number of aromatic nitrogens is 1. The molecule has 0 saturated heterocycles. The summed E-state index contributed by atoms with van der Waals surface area (Å²) in [5.74, 6) is 0. The highest BCUT2D eigenvalue weighted by Crippen LogP contribution is 2.35. The van der Waals surface area contributed by atoms with Crippen LogP contribution in [0.15, 0.2) is 60.7 Å². The lowest BCUT2D eigenvalue weighted by Crippen LogP contribution is -2.21. The van der Waals surface area contributed by atoms with Crippen molar-refractivity contribution in [1.82, 2.24) is 9.88 Å². The van der Waals surface area contributed by atoms with Crippen LogP contribution in [0.5, 0.6) is 0 Å². The number of rotatable bonds is 11. The number of fused-ring (bicyclic) bond motifs is 1. The lowest BCUT2D eigenvalue weighted by atomic mass is 9.99.